The minimum atomic E-state index is 0.216. The molecule has 0 amide bonds. The topological polar surface area (TPSA) is 63.8 Å². The normalized spacial score (nSPS) is 12.3. The van der Waals surface area contributed by atoms with Gasteiger partial charge in [-0.1, -0.05) is 24.3 Å². The van der Waals surface area contributed by atoms with Gasteiger partial charge in [-0.15, -0.1) is 0 Å². The molecule has 5 heteroatoms. The maximum atomic E-state index is 5.46. The van der Waals surface area contributed by atoms with Crippen molar-refractivity contribution in [3.8, 4) is 11.1 Å². The third-order valence-electron chi connectivity index (χ3n) is 3.53. The number of hydrogen-bond donors (Lipinski definition) is 1. The number of nitrogens with zero attached hydrogens (tertiary/aromatic N) is 3. The highest BCUT2D eigenvalue weighted by atomic mass is 16.4. The summed E-state index contributed by atoms with van der Waals surface area (Å²) in [5.74, 6) is 1.54. The predicted octanol–water partition coefficient (Wildman–Crippen LogP) is 3.29. The van der Waals surface area contributed by atoms with Gasteiger partial charge >= 0.3 is 0 Å². The number of nitrogens with one attached hydrogen (secondary N) is 1. The van der Waals surface area contributed by atoms with Crippen LogP contribution in [0.25, 0.3) is 11.1 Å². The number of benzene rings is 1. The lowest BCUT2D eigenvalue weighted by atomic mass is 10.0. The van der Waals surface area contributed by atoms with Gasteiger partial charge in [0.2, 0.25) is 5.89 Å². The molecule has 0 aliphatic heterocycles. The molecule has 0 aliphatic carbocycles. The molecule has 0 spiro atoms. The molecule has 1 aromatic carbocycles. The Bertz CT molecular complexity index is 722. The maximum Gasteiger partial charge on any atom is 0.208 e. The van der Waals surface area contributed by atoms with E-state index in [1.807, 2.05) is 19.3 Å². The van der Waals surface area contributed by atoms with Crippen LogP contribution in [0, 0.1) is 6.92 Å². The Morgan fingerprint density at radius 1 is 1.05 bits per heavy atom. The summed E-state index contributed by atoms with van der Waals surface area (Å²) in [5, 5.41) is 3.41. The fourth-order valence-corrected chi connectivity index (χ4v) is 2.25. The SMILES string of the molecule is Cc1cnc(CN[C@H](C)c2ccc(-c3cncnc3)cc2)o1. The van der Waals surface area contributed by atoms with E-state index in [1.165, 1.54) is 11.9 Å². The molecular weight excluding hydrogens is 276 g/mol. The van der Waals surface area contributed by atoms with Gasteiger partial charge in [0.15, 0.2) is 0 Å². The van der Waals surface area contributed by atoms with Crippen LogP contribution in [-0.2, 0) is 6.54 Å². The monoisotopic (exact) mass is 294 g/mol. The highest BCUT2D eigenvalue weighted by molar-refractivity contribution is 5.61. The van der Waals surface area contributed by atoms with Gasteiger partial charge < -0.3 is 9.73 Å². The van der Waals surface area contributed by atoms with Gasteiger partial charge in [0, 0.05) is 24.0 Å². The molecule has 3 aromatic rings. The molecule has 3 rings (SSSR count). The van der Waals surface area contributed by atoms with Crippen molar-refractivity contribution in [1.29, 1.82) is 0 Å². The van der Waals surface area contributed by atoms with Crippen LogP contribution in [0.5, 0.6) is 0 Å². The summed E-state index contributed by atoms with van der Waals surface area (Å²) in [6.07, 6.45) is 6.90. The van der Waals surface area contributed by atoms with E-state index >= 15 is 0 Å². The summed E-state index contributed by atoms with van der Waals surface area (Å²) in [5.41, 5.74) is 3.34. The maximum absolute atomic E-state index is 5.46. The molecule has 112 valence electrons. The minimum Gasteiger partial charge on any atom is -0.445 e. The van der Waals surface area contributed by atoms with Crippen molar-refractivity contribution in [2.75, 3.05) is 0 Å². The molecule has 2 aromatic heterocycles. The lowest BCUT2D eigenvalue weighted by molar-refractivity contribution is 0.432. The van der Waals surface area contributed by atoms with E-state index in [9.17, 15) is 0 Å². The zero-order valence-electron chi connectivity index (χ0n) is 12.7. The average Bonchev–Trinajstić information content (AvgIpc) is 2.99. The first-order chi connectivity index (χ1) is 10.7. The van der Waals surface area contributed by atoms with Crippen LogP contribution >= 0.6 is 0 Å². The molecule has 22 heavy (non-hydrogen) atoms. The molecule has 0 fully saturated rings. The van der Waals surface area contributed by atoms with E-state index < -0.39 is 0 Å². The first-order valence-electron chi connectivity index (χ1n) is 7.22. The lowest BCUT2D eigenvalue weighted by Crippen LogP contribution is -2.18. The second kappa shape index (κ2) is 6.49. The summed E-state index contributed by atoms with van der Waals surface area (Å²) < 4.78 is 5.46. The van der Waals surface area contributed by atoms with E-state index in [-0.39, 0.29) is 6.04 Å². The molecule has 0 aliphatic rings. The van der Waals surface area contributed by atoms with Crippen molar-refractivity contribution >= 4 is 0 Å². The Balaban J connectivity index is 1.64. The Morgan fingerprint density at radius 3 is 2.41 bits per heavy atom. The largest absolute Gasteiger partial charge is 0.445 e. The standard InChI is InChI=1S/C17H18N4O/c1-12-7-21-17(22-12)10-20-13(2)14-3-5-15(6-4-14)16-8-18-11-19-9-16/h3-9,11,13,20H,10H2,1-2H3/t13-/m1/s1. The summed E-state index contributed by atoms with van der Waals surface area (Å²) >= 11 is 0. The van der Waals surface area contributed by atoms with Crippen molar-refractivity contribution in [2.24, 2.45) is 0 Å². The molecule has 0 unspecified atom stereocenters. The lowest BCUT2D eigenvalue weighted by Gasteiger charge is -2.13. The van der Waals surface area contributed by atoms with Crippen LogP contribution in [0.2, 0.25) is 0 Å². The molecule has 1 N–H and O–H groups in total. The molecule has 1 atom stereocenters. The molecule has 0 bridgehead atoms. The van der Waals surface area contributed by atoms with Crippen LogP contribution in [0.15, 0.2) is 53.6 Å². The van der Waals surface area contributed by atoms with Gasteiger partial charge in [0.25, 0.3) is 0 Å². The van der Waals surface area contributed by atoms with Gasteiger partial charge in [0.05, 0.1) is 12.7 Å². The van der Waals surface area contributed by atoms with E-state index in [0.717, 1.165) is 16.9 Å². The van der Waals surface area contributed by atoms with Gasteiger partial charge in [-0.25, -0.2) is 15.0 Å². The van der Waals surface area contributed by atoms with E-state index in [4.69, 9.17) is 4.42 Å². The highest BCUT2D eigenvalue weighted by Crippen LogP contribution is 2.20. The summed E-state index contributed by atoms with van der Waals surface area (Å²) in [7, 11) is 0. The predicted molar refractivity (Wildman–Crippen MR) is 84.0 cm³/mol. The Labute approximate surface area is 129 Å². The summed E-state index contributed by atoms with van der Waals surface area (Å²) in [6, 6.07) is 8.61. The van der Waals surface area contributed by atoms with Gasteiger partial charge in [-0.3, -0.25) is 0 Å². The molecule has 0 saturated carbocycles. The second-order valence-electron chi connectivity index (χ2n) is 5.22. The van der Waals surface area contributed by atoms with Crippen LogP contribution in [0.4, 0.5) is 0 Å². The Kier molecular flexibility index (Phi) is 4.25. The van der Waals surface area contributed by atoms with Gasteiger partial charge in [-0.2, -0.15) is 0 Å². The quantitative estimate of drug-likeness (QED) is 0.782. The fraction of sp³-hybridized carbons (Fsp3) is 0.235. The van der Waals surface area contributed by atoms with Gasteiger partial charge in [0.1, 0.15) is 12.1 Å². The Morgan fingerprint density at radius 2 is 1.77 bits per heavy atom. The molecule has 0 saturated heterocycles. The van der Waals surface area contributed by atoms with Gasteiger partial charge in [-0.05, 0) is 25.0 Å². The van der Waals surface area contributed by atoms with E-state index in [2.05, 4.69) is 51.5 Å². The third-order valence-corrected chi connectivity index (χ3v) is 3.53. The van der Waals surface area contributed by atoms with Crippen LogP contribution < -0.4 is 5.32 Å². The van der Waals surface area contributed by atoms with Crippen molar-refractivity contribution in [2.45, 2.75) is 26.4 Å². The third kappa shape index (κ3) is 3.38. The van der Waals surface area contributed by atoms with Crippen LogP contribution in [0.1, 0.15) is 30.2 Å². The van der Waals surface area contributed by atoms with Crippen molar-refractivity contribution in [1.82, 2.24) is 20.3 Å². The summed E-state index contributed by atoms with van der Waals surface area (Å²) in [6.45, 7) is 4.63. The first kappa shape index (κ1) is 14.4. The second-order valence-corrected chi connectivity index (χ2v) is 5.22. The number of hydrogen-bond acceptors (Lipinski definition) is 5. The minimum absolute atomic E-state index is 0.216. The van der Waals surface area contributed by atoms with Crippen molar-refractivity contribution < 1.29 is 4.42 Å². The fourth-order valence-electron chi connectivity index (χ4n) is 2.25. The molecular formula is C17H18N4O. The van der Waals surface area contributed by atoms with E-state index in [0.29, 0.717) is 12.4 Å². The van der Waals surface area contributed by atoms with E-state index in [1.54, 1.807) is 6.20 Å². The van der Waals surface area contributed by atoms with Crippen molar-refractivity contribution in [3.63, 3.8) is 0 Å². The smallest absolute Gasteiger partial charge is 0.208 e. The first-order valence-corrected chi connectivity index (χ1v) is 7.22. The average molecular weight is 294 g/mol. The summed E-state index contributed by atoms with van der Waals surface area (Å²) in [4.78, 5) is 12.3. The number of oxazole rings is 1. The highest BCUT2D eigenvalue weighted by Gasteiger charge is 2.07. The molecule has 2 heterocycles. The number of aryl methyl sites for hydroxylation is 1. The van der Waals surface area contributed by atoms with Crippen LogP contribution in [0.3, 0.4) is 0 Å². The molecule has 0 radical (unpaired) electrons. The Hall–Kier alpha value is -2.53. The zero-order chi connectivity index (χ0) is 15.4. The number of rotatable bonds is 5. The number of aromatic nitrogens is 3. The van der Waals surface area contributed by atoms with Crippen LogP contribution in [-0.4, -0.2) is 15.0 Å². The zero-order valence-corrected chi connectivity index (χ0v) is 12.7. The molecule has 5 nitrogen and oxygen atoms in total. The van der Waals surface area contributed by atoms with Crippen molar-refractivity contribution in [3.05, 3.63) is 66.4 Å².